The van der Waals surface area contributed by atoms with Gasteiger partial charge in [-0.15, -0.1) is 0 Å². The van der Waals surface area contributed by atoms with Crippen LogP contribution in [0.25, 0.3) is 0 Å². The summed E-state index contributed by atoms with van der Waals surface area (Å²) in [4.78, 5) is 12.3. The van der Waals surface area contributed by atoms with Gasteiger partial charge in [-0.2, -0.15) is 0 Å². The van der Waals surface area contributed by atoms with E-state index in [0.29, 0.717) is 25.4 Å². The van der Waals surface area contributed by atoms with Crippen molar-refractivity contribution >= 4 is 21.8 Å². The van der Waals surface area contributed by atoms with Gasteiger partial charge in [0.25, 0.3) is 0 Å². The lowest BCUT2D eigenvalue weighted by molar-refractivity contribution is -0.121. The molecule has 0 radical (unpaired) electrons. The van der Waals surface area contributed by atoms with Gasteiger partial charge >= 0.3 is 0 Å². The number of hydrogen-bond acceptors (Lipinski definition) is 3. The summed E-state index contributed by atoms with van der Waals surface area (Å²) < 4.78 is 12.2. The summed E-state index contributed by atoms with van der Waals surface area (Å²) in [6.45, 7) is 6.98. The molecule has 134 valence electrons. The van der Waals surface area contributed by atoms with Gasteiger partial charge in [0, 0.05) is 4.47 Å². The van der Waals surface area contributed by atoms with Crippen molar-refractivity contribution < 1.29 is 14.3 Å². The van der Waals surface area contributed by atoms with Gasteiger partial charge in [0.05, 0.1) is 25.7 Å². The fraction of sp³-hybridized carbons (Fsp3) is 0.350. The third kappa shape index (κ3) is 5.78. The van der Waals surface area contributed by atoms with Gasteiger partial charge in [-0.1, -0.05) is 34.1 Å². The molecular weight excluding hydrogens is 382 g/mol. The molecule has 0 saturated heterocycles. The van der Waals surface area contributed by atoms with Gasteiger partial charge in [-0.05, 0) is 56.2 Å². The molecule has 0 heterocycles. The van der Waals surface area contributed by atoms with Gasteiger partial charge in [-0.3, -0.25) is 4.79 Å². The van der Waals surface area contributed by atoms with Crippen LogP contribution in [-0.2, 0) is 11.2 Å². The average molecular weight is 406 g/mol. The van der Waals surface area contributed by atoms with Crippen LogP contribution in [0.3, 0.4) is 0 Å². The van der Waals surface area contributed by atoms with Crippen molar-refractivity contribution in [3.05, 3.63) is 58.1 Å². The van der Waals surface area contributed by atoms with E-state index in [9.17, 15) is 4.79 Å². The molecule has 0 aromatic heterocycles. The third-order valence-electron chi connectivity index (χ3n) is 3.72. The van der Waals surface area contributed by atoms with E-state index in [4.69, 9.17) is 9.47 Å². The summed E-state index contributed by atoms with van der Waals surface area (Å²) in [5, 5.41) is 3.03. The number of benzene rings is 2. The molecule has 0 aliphatic heterocycles. The lowest BCUT2D eigenvalue weighted by atomic mass is 10.1. The minimum Gasteiger partial charge on any atom is -0.490 e. The molecule has 0 aliphatic rings. The van der Waals surface area contributed by atoms with Gasteiger partial charge in [0.15, 0.2) is 11.5 Å². The number of nitrogens with one attached hydrogen (secondary N) is 1. The van der Waals surface area contributed by atoms with E-state index in [1.165, 1.54) is 0 Å². The molecule has 0 fully saturated rings. The Bertz CT molecular complexity index is 701. The maximum absolute atomic E-state index is 12.3. The van der Waals surface area contributed by atoms with E-state index in [-0.39, 0.29) is 11.9 Å². The Morgan fingerprint density at radius 2 is 1.68 bits per heavy atom. The Balaban J connectivity index is 2.03. The summed E-state index contributed by atoms with van der Waals surface area (Å²) >= 11 is 3.40. The second-order valence-corrected chi connectivity index (χ2v) is 6.58. The van der Waals surface area contributed by atoms with Crippen molar-refractivity contribution in [2.45, 2.75) is 33.2 Å². The number of carbonyl (C=O) groups is 1. The molecule has 2 rings (SSSR count). The van der Waals surface area contributed by atoms with Crippen LogP contribution in [-0.4, -0.2) is 19.1 Å². The molecule has 1 N–H and O–H groups in total. The van der Waals surface area contributed by atoms with Gasteiger partial charge < -0.3 is 14.8 Å². The van der Waals surface area contributed by atoms with Crippen LogP contribution in [0.1, 0.15) is 37.9 Å². The maximum atomic E-state index is 12.3. The van der Waals surface area contributed by atoms with Crippen molar-refractivity contribution in [1.29, 1.82) is 0 Å². The lowest BCUT2D eigenvalue weighted by Crippen LogP contribution is -2.28. The van der Waals surface area contributed by atoms with Gasteiger partial charge in [-0.25, -0.2) is 0 Å². The smallest absolute Gasteiger partial charge is 0.224 e. The first-order valence-electron chi connectivity index (χ1n) is 8.46. The highest BCUT2D eigenvalue weighted by Crippen LogP contribution is 2.30. The van der Waals surface area contributed by atoms with Crippen molar-refractivity contribution in [2.75, 3.05) is 13.2 Å². The van der Waals surface area contributed by atoms with Crippen LogP contribution >= 0.6 is 15.9 Å². The number of rotatable bonds is 8. The SMILES string of the molecule is CCOc1ccc([C@@H](C)NC(=O)Cc2ccc(Br)cc2)cc1OCC. The van der Waals surface area contributed by atoms with E-state index in [2.05, 4.69) is 21.2 Å². The Labute approximate surface area is 157 Å². The molecule has 2 aromatic rings. The predicted octanol–water partition coefficient (Wildman–Crippen LogP) is 4.67. The summed E-state index contributed by atoms with van der Waals surface area (Å²) in [5.41, 5.74) is 1.96. The van der Waals surface area contributed by atoms with E-state index in [1.807, 2.05) is 63.2 Å². The molecule has 1 amide bonds. The summed E-state index contributed by atoms with van der Waals surface area (Å²) in [6.07, 6.45) is 0.354. The van der Waals surface area contributed by atoms with Crippen LogP contribution in [0.5, 0.6) is 11.5 Å². The quantitative estimate of drug-likeness (QED) is 0.693. The molecule has 0 bridgehead atoms. The van der Waals surface area contributed by atoms with Gasteiger partial charge in [0.1, 0.15) is 0 Å². The predicted molar refractivity (Wildman–Crippen MR) is 103 cm³/mol. The molecule has 2 aromatic carbocycles. The summed E-state index contributed by atoms with van der Waals surface area (Å²) in [5.74, 6) is 1.42. The fourth-order valence-corrected chi connectivity index (χ4v) is 2.76. The summed E-state index contributed by atoms with van der Waals surface area (Å²) in [6, 6.07) is 13.4. The summed E-state index contributed by atoms with van der Waals surface area (Å²) in [7, 11) is 0. The number of hydrogen-bond donors (Lipinski definition) is 1. The maximum Gasteiger partial charge on any atom is 0.224 e. The first-order chi connectivity index (χ1) is 12.0. The average Bonchev–Trinajstić information content (AvgIpc) is 2.59. The fourth-order valence-electron chi connectivity index (χ4n) is 2.50. The zero-order chi connectivity index (χ0) is 18.2. The molecule has 0 aliphatic carbocycles. The van der Waals surface area contributed by atoms with Crippen LogP contribution in [0, 0.1) is 0 Å². The van der Waals surface area contributed by atoms with Crippen LogP contribution in [0.15, 0.2) is 46.9 Å². The highest BCUT2D eigenvalue weighted by Gasteiger charge is 2.13. The Morgan fingerprint density at radius 1 is 1.04 bits per heavy atom. The standard InChI is InChI=1S/C20H24BrNO3/c1-4-24-18-11-8-16(13-19(18)25-5-2)14(3)22-20(23)12-15-6-9-17(21)10-7-15/h6-11,13-14H,4-5,12H2,1-3H3,(H,22,23)/t14-/m1/s1. The number of carbonyl (C=O) groups excluding carboxylic acids is 1. The molecule has 0 unspecified atom stereocenters. The molecule has 25 heavy (non-hydrogen) atoms. The zero-order valence-electron chi connectivity index (χ0n) is 14.8. The lowest BCUT2D eigenvalue weighted by Gasteiger charge is -2.17. The first kappa shape index (κ1) is 19.3. The third-order valence-corrected chi connectivity index (χ3v) is 4.25. The monoisotopic (exact) mass is 405 g/mol. The normalized spacial score (nSPS) is 11.7. The zero-order valence-corrected chi connectivity index (χ0v) is 16.4. The Morgan fingerprint density at radius 3 is 2.32 bits per heavy atom. The van der Waals surface area contributed by atoms with Crippen LogP contribution < -0.4 is 14.8 Å². The molecular formula is C20H24BrNO3. The topological polar surface area (TPSA) is 47.6 Å². The Hall–Kier alpha value is -2.01. The first-order valence-corrected chi connectivity index (χ1v) is 9.26. The van der Waals surface area contributed by atoms with Crippen molar-refractivity contribution in [1.82, 2.24) is 5.32 Å². The Kier molecular flexibility index (Phi) is 7.31. The molecule has 1 atom stereocenters. The second-order valence-electron chi connectivity index (χ2n) is 5.66. The highest BCUT2D eigenvalue weighted by molar-refractivity contribution is 9.10. The highest BCUT2D eigenvalue weighted by atomic mass is 79.9. The van der Waals surface area contributed by atoms with Crippen molar-refractivity contribution in [3.8, 4) is 11.5 Å². The largest absolute Gasteiger partial charge is 0.490 e. The van der Waals surface area contributed by atoms with Gasteiger partial charge in [0.2, 0.25) is 5.91 Å². The van der Waals surface area contributed by atoms with Crippen LogP contribution in [0.2, 0.25) is 0 Å². The van der Waals surface area contributed by atoms with Crippen LogP contribution in [0.4, 0.5) is 0 Å². The number of amides is 1. The second kappa shape index (κ2) is 9.47. The number of halogens is 1. The molecule has 0 saturated carbocycles. The number of ether oxygens (including phenoxy) is 2. The minimum atomic E-state index is -0.113. The van der Waals surface area contributed by atoms with E-state index < -0.39 is 0 Å². The van der Waals surface area contributed by atoms with Crippen molar-refractivity contribution in [3.63, 3.8) is 0 Å². The molecule has 0 spiro atoms. The minimum absolute atomic E-state index is 0.0123. The molecule has 5 heteroatoms. The molecule has 4 nitrogen and oxygen atoms in total. The van der Waals surface area contributed by atoms with E-state index in [1.54, 1.807) is 0 Å². The van der Waals surface area contributed by atoms with Crippen molar-refractivity contribution in [2.24, 2.45) is 0 Å². The van der Waals surface area contributed by atoms with E-state index >= 15 is 0 Å². The van der Waals surface area contributed by atoms with E-state index in [0.717, 1.165) is 21.3 Å².